The van der Waals surface area contributed by atoms with E-state index in [9.17, 15) is 0 Å². The lowest BCUT2D eigenvalue weighted by atomic mass is 9.60. The first-order valence-electron chi connectivity index (χ1n) is 16.4. The molecule has 0 N–H and O–H groups in total. The maximum atomic E-state index is 2.47. The molecule has 1 fully saturated rings. The molecule has 2 nitrogen and oxygen atoms in total. The molecule has 218 valence electrons. The van der Waals surface area contributed by atoms with E-state index in [0.29, 0.717) is 5.92 Å². The van der Waals surface area contributed by atoms with Crippen molar-refractivity contribution in [3.05, 3.63) is 157 Å². The maximum absolute atomic E-state index is 2.47. The first-order chi connectivity index (χ1) is 22.2. The average molecular weight is 581 g/mol. The molecule has 45 heavy (non-hydrogen) atoms. The molecule has 2 aromatic heterocycles. The average Bonchev–Trinajstić information content (AvgIpc) is 3.62. The van der Waals surface area contributed by atoms with Crippen LogP contribution < -0.4 is 0 Å². The number of benzene rings is 6. The molecule has 0 radical (unpaired) electrons. The molecule has 8 aromatic rings. The van der Waals surface area contributed by atoms with Crippen molar-refractivity contribution >= 4 is 43.6 Å². The Labute approximate surface area is 264 Å². The van der Waals surface area contributed by atoms with E-state index in [0.717, 1.165) is 0 Å². The van der Waals surface area contributed by atoms with Crippen LogP contribution in [0.3, 0.4) is 0 Å². The number of nitrogens with zero attached hydrogens (tertiary/aromatic N) is 2. The quantitative estimate of drug-likeness (QED) is 0.196. The summed E-state index contributed by atoms with van der Waals surface area (Å²) in [6.07, 6.45) is 5.00. The summed E-state index contributed by atoms with van der Waals surface area (Å²) >= 11 is 0. The standard InChI is InChI=1S/C43H36N2/c1-30-12-10-11-29-43(30,31-21-25-33(26-22-31)44-39-17-6-2-13-35(39)36-14-3-7-18-40(36)44)32-23-27-34(28-24-32)45-41-19-8-4-15-37(41)38-16-5-9-20-42(38)45/h2-9,13-28,30H,10-12,29H2,1H3. The van der Waals surface area contributed by atoms with E-state index >= 15 is 0 Å². The zero-order valence-electron chi connectivity index (χ0n) is 25.7. The summed E-state index contributed by atoms with van der Waals surface area (Å²) in [4.78, 5) is 0. The fourth-order valence-corrected chi connectivity index (χ4v) is 8.59. The van der Waals surface area contributed by atoms with Gasteiger partial charge in [0.2, 0.25) is 0 Å². The lowest BCUT2D eigenvalue weighted by molar-refractivity contribution is 0.244. The number of para-hydroxylation sites is 4. The molecule has 0 amide bonds. The van der Waals surface area contributed by atoms with Crippen molar-refractivity contribution in [2.75, 3.05) is 0 Å². The Kier molecular flexibility index (Phi) is 5.99. The Bertz CT molecular complexity index is 2070. The fourth-order valence-electron chi connectivity index (χ4n) is 8.59. The second-order valence-electron chi connectivity index (χ2n) is 13.0. The molecule has 0 aliphatic heterocycles. The van der Waals surface area contributed by atoms with Gasteiger partial charge in [-0.05, 0) is 78.4 Å². The van der Waals surface area contributed by atoms with E-state index in [2.05, 4.69) is 162 Å². The predicted octanol–water partition coefficient (Wildman–Crippen LogP) is 11.4. The Morgan fingerprint density at radius 1 is 0.444 bits per heavy atom. The summed E-state index contributed by atoms with van der Waals surface area (Å²) in [5, 5.41) is 5.21. The van der Waals surface area contributed by atoms with Gasteiger partial charge in [0, 0.05) is 38.3 Å². The monoisotopic (exact) mass is 580 g/mol. The molecule has 0 bridgehead atoms. The van der Waals surface area contributed by atoms with E-state index in [4.69, 9.17) is 0 Å². The molecule has 0 spiro atoms. The van der Waals surface area contributed by atoms with Crippen LogP contribution in [0, 0.1) is 5.92 Å². The molecular formula is C43H36N2. The van der Waals surface area contributed by atoms with E-state index in [1.165, 1.54) is 91.8 Å². The molecule has 6 aromatic carbocycles. The van der Waals surface area contributed by atoms with Gasteiger partial charge in [-0.15, -0.1) is 0 Å². The van der Waals surface area contributed by atoms with Crippen molar-refractivity contribution in [1.29, 1.82) is 0 Å². The van der Waals surface area contributed by atoms with Gasteiger partial charge in [0.25, 0.3) is 0 Å². The minimum Gasteiger partial charge on any atom is -0.309 e. The maximum Gasteiger partial charge on any atom is 0.0541 e. The topological polar surface area (TPSA) is 9.86 Å². The highest BCUT2D eigenvalue weighted by Crippen LogP contribution is 2.49. The molecule has 2 heteroatoms. The van der Waals surface area contributed by atoms with E-state index in [1.807, 2.05) is 0 Å². The molecule has 1 unspecified atom stereocenters. The van der Waals surface area contributed by atoms with Gasteiger partial charge in [-0.25, -0.2) is 0 Å². The molecule has 1 aliphatic carbocycles. The van der Waals surface area contributed by atoms with E-state index in [-0.39, 0.29) is 5.41 Å². The molecular weight excluding hydrogens is 544 g/mol. The largest absolute Gasteiger partial charge is 0.309 e. The minimum absolute atomic E-state index is 0.00302. The van der Waals surface area contributed by atoms with Crippen molar-refractivity contribution in [1.82, 2.24) is 9.13 Å². The second-order valence-corrected chi connectivity index (χ2v) is 13.0. The van der Waals surface area contributed by atoms with Crippen molar-refractivity contribution in [2.24, 2.45) is 5.92 Å². The van der Waals surface area contributed by atoms with Gasteiger partial charge in [-0.3, -0.25) is 0 Å². The Hall–Kier alpha value is -5.08. The van der Waals surface area contributed by atoms with Gasteiger partial charge in [0.1, 0.15) is 0 Å². The number of hydrogen-bond acceptors (Lipinski definition) is 0. The van der Waals surface area contributed by atoms with Crippen molar-refractivity contribution in [2.45, 2.75) is 38.0 Å². The highest BCUT2D eigenvalue weighted by atomic mass is 15.0. The zero-order chi connectivity index (χ0) is 30.0. The SMILES string of the molecule is CC1CCCCC1(c1ccc(-n2c3ccccc3c3ccccc32)cc1)c1ccc(-n2c3ccccc3c3ccccc32)cc1. The minimum atomic E-state index is -0.00302. The van der Waals surface area contributed by atoms with Gasteiger partial charge in [0.05, 0.1) is 22.1 Å². The van der Waals surface area contributed by atoms with Crippen LogP contribution in [0.2, 0.25) is 0 Å². The number of hydrogen-bond donors (Lipinski definition) is 0. The normalized spacial score (nSPS) is 16.6. The van der Waals surface area contributed by atoms with Crippen molar-refractivity contribution in [3.63, 3.8) is 0 Å². The molecule has 1 aliphatic rings. The zero-order valence-corrected chi connectivity index (χ0v) is 25.7. The molecule has 1 atom stereocenters. The summed E-state index contributed by atoms with van der Waals surface area (Å²) in [6.45, 7) is 2.47. The third-order valence-electron chi connectivity index (χ3n) is 10.7. The van der Waals surface area contributed by atoms with E-state index < -0.39 is 0 Å². The molecule has 2 heterocycles. The Morgan fingerprint density at radius 3 is 1.16 bits per heavy atom. The van der Waals surface area contributed by atoms with Crippen LogP contribution in [-0.4, -0.2) is 9.13 Å². The highest BCUT2D eigenvalue weighted by molar-refractivity contribution is 6.10. The third kappa shape index (κ3) is 3.88. The fraction of sp³-hybridized carbons (Fsp3) is 0.163. The number of fused-ring (bicyclic) bond motifs is 6. The summed E-state index contributed by atoms with van der Waals surface area (Å²) < 4.78 is 4.85. The van der Waals surface area contributed by atoms with Crippen LogP contribution in [-0.2, 0) is 5.41 Å². The van der Waals surface area contributed by atoms with Crippen LogP contribution in [0.1, 0.15) is 43.7 Å². The Balaban J connectivity index is 1.16. The van der Waals surface area contributed by atoms with Gasteiger partial charge in [-0.2, -0.15) is 0 Å². The smallest absolute Gasteiger partial charge is 0.0541 e. The van der Waals surface area contributed by atoms with Gasteiger partial charge in [-0.1, -0.05) is 117 Å². The molecule has 9 rings (SSSR count). The van der Waals surface area contributed by atoms with Crippen molar-refractivity contribution in [3.8, 4) is 11.4 Å². The summed E-state index contributed by atoms with van der Waals surface area (Å²) in [5.41, 5.74) is 10.3. The van der Waals surface area contributed by atoms with Crippen LogP contribution in [0.5, 0.6) is 0 Å². The first-order valence-corrected chi connectivity index (χ1v) is 16.4. The third-order valence-corrected chi connectivity index (χ3v) is 10.7. The van der Waals surface area contributed by atoms with Crippen LogP contribution in [0.15, 0.2) is 146 Å². The highest BCUT2D eigenvalue weighted by Gasteiger charge is 2.41. The Morgan fingerprint density at radius 2 is 0.800 bits per heavy atom. The lowest BCUT2D eigenvalue weighted by Gasteiger charge is -2.44. The van der Waals surface area contributed by atoms with Gasteiger partial charge in [0.15, 0.2) is 0 Å². The number of aromatic nitrogens is 2. The summed E-state index contributed by atoms with van der Waals surface area (Å²) in [5.74, 6) is 0.560. The molecule has 0 saturated heterocycles. The van der Waals surface area contributed by atoms with Gasteiger partial charge < -0.3 is 9.13 Å². The van der Waals surface area contributed by atoms with Crippen molar-refractivity contribution < 1.29 is 0 Å². The second kappa shape index (κ2) is 10.2. The van der Waals surface area contributed by atoms with E-state index in [1.54, 1.807) is 0 Å². The number of rotatable bonds is 4. The van der Waals surface area contributed by atoms with Gasteiger partial charge >= 0.3 is 0 Å². The van der Waals surface area contributed by atoms with Crippen LogP contribution in [0.25, 0.3) is 55.0 Å². The summed E-state index contributed by atoms with van der Waals surface area (Å²) in [6, 6.07) is 54.2. The lowest BCUT2D eigenvalue weighted by Crippen LogP contribution is -2.37. The predicted molar refractivity (Wildman–Crippen MR) is 190 cm³/mol. The molecule has 1 saturated carbocycles. The summed E-state index contributed by atoms with van der Waals surface area (Å²) in [7, 11) is 0. The van der Waals surface area contributed by atoms with Crippen LogP contribution in [0.4, 0.5) is 0 Å². The first kappa shape index (κ1) is 26.3. The van der Waals surface area contributed by atoms with Crippen LogP contribution >= 0.6 is 0 Å².